The van der Waals surface area contributed by atoms with Crippen LogP contribution in [0.5, 0.6) is 0 Å². The van der Waals surface area contributed by atoms with Crippen LogP contribution in [0.4, 0.5) is 4.79 Å². The summed E-state index contributed by atoms with van der Waals surface area (Å²) < 4.78 is 5.50. The Morgan fingerprint density at radius 2 is 1.58 bits per heavy atom. The van der Waals surface area contributed by atoms with E-state index in [0.29, 0.717) is 31.1 Å². The normalized spacial score (nSPS) is 17.7. The molecular formula is C31H41N3O4. The van der Waals surface area contributed by atoms with E-state index in [1.807, 2.05) is 80.3 Å². The summed E-state index contributed by atoms with van der Waals surface area (Å²) in [7, 11) is 0. The quantitative estimate of drug-likeness (QED) is 0.446. The molecule has 1 atom stereocenters. The highest BCUT2D eigenvalue weighted by Crippen LogP contribution is 2.29. The van der Waals surface area contributed by atoms with Crippen molar-refractivity contribution in [1.29, 1.82) is 0 Å². The molecule has 0 radical (unpaired) electrons. The van der Waals surface area contributed by atoms with Crippen molar-refractivity contribution in [2.75, 3.05) is 32.7 Å². The standard InChI is InChI=1S/C31H41N3O4/c1-31(2,3)38-30(37)33-19-17-27(22-33)24-13-15-26(16-14-24)29(36)34-20-23(21-34)10-6-5-9-18-32-28(35)25-11-7-4-8-12-25/h4,7-8,11-16,23,27H,5-6,9-10,17-22H2,1-3H3,(H,32,35)/t27-/m0/s1. The zero-order valence-corrected chi connectivity index (χ0v) is 22.9. The molecule has 0 spiro atoms. The monoisotopic (exact) mass is 519 g/mol. The van der Waals surface area contributed by atoms with Crippen LogP contribution in [-0.2, 0) is 4.74 Å². The second kappa shape index (κ2) is 12.5. The summed E-state index contributed by atoms with van der Waals surface area (Å²) in [6, 6.07) is 17.2. The summed E-state index contributed by atoms with van der Waals surface area (Å²) in [4.78, 5) is 41.0. The number of rotatable bonds is 9. The number of unbranched alkanes of at least 4 members (excludes halogenated alkanes) is 2. The SMILES string of the molecule is CC(C)(C)OC(=O)N1CC[C@H](c2ccc(C(=O)N3CC(CCCCCNC(=O)c4ccccc4)C3)cc2)C1. The van der Waals surface area contributed by atoms with Crippen LogP contribution in [-0.4, -0.2) is 66.0 Å². The molecule has 2 saturated heterocycles. The third kappa shape index (κ3) is 7.59. The van der Waals surface area contributed by atoms with E-state index in [2.05, 4.69) is 5.32 Å². The van der Waals surface area contributed by atoms with Gasteiger partial charge in [0.1, 0.15) is 5.60 Å². The molecule has 2 aromatic rings. The number of ether oxygens (including phenoxy) is 1. The first kappa shape index (κ1) is 27.7. The van der Waals surface area contributed by atoms with Crippen LogP contribution >= 0.6 is 0 Å². The number of carbonyl (C=O) groups excluding carboxylic acids is 3. The Hall–Kier alpha value is -3.35. The van der Waals surface area contributed by atoms with E-state index in [9.17, 15) is 14.4 Å². The summed E-state index contributed by atoms with van der Waals surface area (Å²) in [6.45, 7) is 9.31. The van der Waals surface area contributed by atoms with Gasteiger partial charge >= 0.3 is 6.09 Å². The van der Waals surface area contributed by atoms with Gasteiger partial charge < -0.3 is 19.9 Å². The molecule has 2 heterocycles. The predicted molar refractivity (Wildman–Crippen MR) is 148 cm³/mol. The van der Waals surface area contributed by atoms with Crippen LogP contribution in [0.2, 0.25) is 0 Å². The van der Waals surface area contributed by atoms with E-state index in [1.165, 1.54) is 0 Å². The number of nitrogens with one attached hydrogen (secondary N) is 1. The smallest absolute Gasteiger partial charge is 0.410 e. The highest BCUT2D eigenvalue weighted by molar-refractivity contribution is 5.95. The highest BCUT2D eigenvalue weighted by Gasteiger charge is 2.32. The van der Waals surface area contributed by atoms with Gasteiger partial charge in [-0.05, 0) is 75.8 Å². The van der Waals surface area contributed by atoms with Crippen LogP contribution in [0.25, 0.3) is 0 Å². The fraction of sp³-hybridized carbons (Fsp3) is 0.516. The minimum Gasteiger partial charge on any atom is -0.444 e. The van der Waals surface area contributed by atoms with E-state index in [0.717, 1.165) is 56.3 Å². The Morgan fingerprint density at radius 3 is 2.26 bits per heavy atom. The Morgan fingerprint density at radius 1 is 0.868 bits per heavy atom. The molecule has 0 aromatic heterocycles. The second-order valence-corrected chi connectivity index (χ2v) is 11.6. The lowest BCUT2D eigenvalue weighted by molar-refractivity contribution is 0.0292. The molecular weight excluding hydrogens is 478 g/mol. The molecule has 2 aliphatic rings. The molecule has 2 aliphatic heterocycles. The minimum absolute atomic E-state index is 0.0159. The maximum absolute atomic E-state index is 12.9. The van der Waals surface area contributed by atoms with Crippen LogP contribution in [0.15, 0.2) is 54.6 Å². The molecule has 7 heteroatoms. The van der Waals surface area contributed by atoms with Gasteiger partial charge in [-0.1, -0.05) is 43.2 Å². The molecule has 4 rings (SSSR count). The zero-order valence-electron chi connectivity index (χ0n) is 22.9. The average Bonchev–Trinajstić information content (AvgIpc) is 3.37. The van der Waals surface area contributed by atoms with Gasteiger partial charge in [0.05, 0.1) is 0 Å². The van der Waals surface area contributed by atoms with Crippen molar-refractivity contribution in [3.05, 3.63) is 71.3 Å². The molecule has 1 N–H and O–H groups in total. The summed E-state index contributed by atoms with van der Waals surface area (Å²) >= 11 is 0. The van der Waals surface area contributed by atoms with Crippen LogP contribution in [0.3, 0.4) is 0 Å². The lowest BCUT2D eigenvalue weighted by Crippen LogP contribution is -2.49. The molecule has 3 amide bonds. The Bertz CT molecular complexity index is 1090. The molecule has 7 nitrogen and oxygen atoms in total. The zero-order chi connectivity index (χ0) is 27.1. The first-order chi connectivity index (χ1) is 18.2. The summed E-state index contributed by atoms with van der Waals surface area (Å²) in [6.07, 6.45) is 4.92. The van der Waals surface area contributed by atoms with Gasteiger partial charge in [0.25, 0.3) is 11.8 Å². The summed E-state index contributed by atoms with van der Waals surface area (Å²) in [5.41, 5.74) is 2.09. The highest BCUT2D eigenvalue weighted by atomic mass is 16.6. The summed E-state index contributed by atoms with van der Waals surface area (Å²) in [5.74, 6) is 0.914. The Balaban J connectivity index is 1.11. The van der Waals surface area contributed by atoms with E-state index in [-0.39, 0.29) is 23.8 Å². The van der Waals surface area contributed by atoms with E-state index in [1.54, 1.807) is 4.90 Å². The number of nitrogens with zero attached hydrogens (tertiary/aromatic N) is 2. The van der Waals surface area contributed by atoms with Gasteiger partial charge in [-0.2, -0.15) is 0 Å². The topological polar surface area (TPSA) is 79.0 Å². The first-order valence-corrected chi connectivity index (χ1v) is 13.9. The third-order valence-electron chi connectivity index (χ3n) is 7.32. The molecule has 38 heavy (non-hydrogen) atoms. The molecule has 2 fully saturated rings. The van der Waals surface area contributed by atoms with Gasteiger partial charge in [-0.3, -0.25) is 9.59 Å². The first-order valence-electron chi connectivity index (χ1n) is 13.9. The van der Waals surface area contributed by atoms with E-state index in [4.69, 9.17) is 4.74 Å². The second-order valence-electron chi connectivity index (χ2n) is 11.6. The number of benzene rings is 2. The lowest BCUT2D eigenvalue weighted by atomic mass is 9.92. The molecule has 0 bridgehead atoms. The van der Waals surface area contributed by atoms with Crippen molar-refractivity contribution >= 4 is 17.9 Å². The largest absolute Gasteiger partial charge is 0.444 e. The van der Waals surface area contributed by atoms with Crippen LogP contribution in [0, 0.1) is 5.92 Å². The van der Waals surface area contributed by atoms with Gasteiger partial charge in [0.15, 0.2) is 0 Å². The van der Waals surface area contributed by atoms with Crippen molar-refractivity contribution in [1.82, 2.24) is 15.1 Å². The van der Waals surface area contributed by atoms with Crippen LogP contribution in [0.1, 0.15) is 85.1 Å². The Labute approximate surface area is 226 Å². The van der Waals surface area contributed by atoms with Crippen molar-refractivity contribution < 1.29 is 19.1 Å². The minimum atomic E-state index is -0.491. The Kier molecular flexibility index (Phi) is 9.08. The summed E-state index contributed by atoms with van der Waals surface area (Å²) in [5, 5.41) is 2.98. The van der Waals surface area contributed by atoms with Gasteiger partial charge in [-0.15, -0.1) is 0 Å². The number of hydrogen-bond acceptors (Lipinski definition) is 4. The lowest BCUT2D eigenvalue weighted by Gasteiger charge is -2.39. The van der Waals surface area contributed by atoms with Crippen molar-refractivity contribution in [3.63, 3.8) is 0 Å². The van der Waals surface area contributed by atoms with Crippen molar-refractivity contribution in [2.24, 2.45) is 5.92 Å². The fourth-order valence-corrected chi connectivity index (χ4v) is 5.15. The maximum atomic E-state index is 12.9. The third-order valence-corrected chi connectivity index (χ3v) is 7.32. The fourth-order valence-electron chi connectivity index (χ4n) is 5.15. The average molecular weight is 520 g/mol. The number of amides is 3. The predicted octanol–water partition coefficient (Wildman–Crippen LogP) is 5.47. The maximum Gasteiger partial charge on any atom is 0.410 e. The number of likely N-dealkylation sites (tertiary alicyclic amines) is 2. The van der Waals surface area contributed by atoms with Crippen molar-refractivity contribution in [2.45, 2.75) is 64.4 Å². The van der Waals surface area contributed by atoms with E-state index >= 15 is 0 Å². The molecule has 0 unspecified atom stereocenters. The molecule has 0 aliphatic carbocycles. The van der Waals surface area contributed by atoms with Crippen molar-refractivity contribution in [3.8, 4) is 0 Å². The van der Waals surface area contributed by atoms with Gasteiger partial charge in [-0.25, -0.2) is 4.79 Å². The van der Waals surface area contributed by atoms with E-state index < -0.39 is 5.60 Å². The molecule has 0 saturated carbocycles. The molecule has 2 aromatic carbocycles. The van der Waals surface area contributed by atoms with Gasteiger partial charge in [0, 0.05) is 49.8 Å². The van der Waals surface area contributed by atoms with Crippen LogP contribution < -0.4 is 5.32 Å². The molecule has 204 valence electrons. The number of hydrogen-bond donors (Lipinski definition) is 1. The van der Waals surface area contributed by atoms with Gasteiger partial charge in [0.2, 0.25) is 0 Å². The number of carbonyl (C=O) groups is 3.